The maximum atomic E-state index is 12.2. The lowest BCUT2D eigenvalue weighted by molar-refractivity contribution is 0.0953. The Morgan fingerprint density at radius 3 is 2.83 bits per heavy atom. The van der Waals surface area contributed by atoms with Gasteiger partial charge in [-0.2, -0.15) is 5.10 Å². The van der Waals surface area contributed by atoms with Crippen LogP contribution in [0.3, 0.4) is 0 Å². The van der Waals surface area contributed by atoms with Crippen LogP contribution in [-0.2, 0) is 13.1 Å². The van der Waals surface area contributed by atoms with Gasteiger partial charge in [0.05, 0.1) is 11.9 Å². The predicted molar refractivity (Wildman–Crippen MR) is 115 cm³/mol. The Balaban J connectivity index is 1.39. The second-order valence-electron chi connectivity index (χ2n) is 7.19. The SMILES string of the molecule is CCCNC(=O)c1cccc(CNCc2cn[nH]c2-c2ccc3c(c2)OCCO3)c1. The van der Waals surface area contributed by atoms with Gasteiger partial charge in [-0.15, -0.1) is 0 Å². The highest BCUT2D eigenvalue weighted by atomic mass is 16.6. The van der Waals surface area contributed by atoms with Crippen molar-refractivity contribution in [3.05, 3.63) is 65.4 Å². The van der Waals surface area contributed by atoms with Crippen LogP contribution in [0.5, 0.6) is 11.5 Å². The number of aromatic amines is 1. The summed E-state index contributed by atoms with van der Waals surface area (Å²) in [6.07, 6.45) is 2.75. The number of carbonyl (C=O) groups excluding carboxylic acids is 1. The zero-order valence-electron chi connectivity index (χ0n) is 17.0. The number of rotatable bonds is 8. The minimum absolute atomic E-state index is 0.0329. The summed E-state index contributed by atoms with van der Waals surface area (Å²) in [5.74, 6) is 1.49. The molecule has 0 saturated carbocycles. The maximum absolute atomic E-state index is 12.2. The number of nitrogens with one attached hydrogen (secondary N) is 3. The first kappa shape index (κ1) is 20.0. The largest absolute Gasteiger partial charge is 0.486 e. The van der Waals surface area contributed by atoms with Gasteiger partial charge in [-0.3, -0.25) is 9.89 Å². The maximum Gasteiger partial charge on any atom is 0.251 e. The number of aromatic nitrogens is 2. The van der Waals surface area contributed by atoms with Gasteiger partial charge in [0, 0.05) is 36.3 Å². The van der Waals surface area contributed by atoms with E-state index in [-0.39, 0.29) is 5.91 Å². The quantitative estimate of drug-likeness (QED) is 0.534. The molecule has 0 atom stereocenters. The molecule has 0 bridgehead atoms. The number of ether oxygens (including phenoxy) is 2. The fourth-order valence-corrected chi connectivity index (χ4v) is 3.40. The Morgan fingerprint density at radius 1 is 1.10 bits per heavy atom. The molecule has 156 valence electrons. The van der Waals surface area contributed by atoms with Crippen LogP contribution in [-0.4, -0.2) is 35.9 Å². The van der Waals surface area contributed by atoms with Crippen LogP contribution in [0.25, 0.3) is 11.3 Å². The molecule has 3 N–H and O–H groups in total. The summed E-state index contributed by atoms with van der Waals surface area (Å²) in [5.41, 5.74) is 4.75. The van der Waals surface area contributed by atoms with Gasteiger partial charge in [0.25, 0.3) is 5.91 Å². The van der Waals surface area contributed by atoms with Gasteiger partial charge in [0.1, 0.15) is 13.2 Å². The number of nitrogens with zero attached hydrogens (tertiary/aromatic N) is 1. The summed E-state index contributed by atoms with van der Waals surface area (Å²) < 4.78 is 11.3. The van der Waals surface area contributed by atoms with Gasteiger partial charge < -0.3 is 20.1 Å². The first-order valence-electron chi connectivity index (χ1n) is 10.2. The summed E-state index contributed by atoms with van der Waals surface area (Å²) in [7, 11) is 0. The van der Waals surface area contributed by atoms with E-state index in [1.807, 2.05) is 55.6 Å². The third kappa shape index (κ3) is 4.63. The normalized spacial score (nSPS) is 12.6. The minimum atomic E-state index is -0.0329. The molecule has 2 aromatic carbocycles. The van der Waals surface area contributed by atoms with E-state index in [1.54, 1.807) is 0 Å². The third-order valence-electron chi connectivity index (χ3n) is 4.92. The van der Waals surface area contributed by atoms with Gasteiger partial charge in [0.2, 0.25) is 0 Å². The fourth-order valence-electron chi connectivity index (χ4n) is 3.40. The van der Waals surface area contributed by atoms with E-state index in [9.17, 15) is 4.79 Å². The van der Waals surface area contributed by atoms with Crippen molar-refractivity contribution < 1.29 is 14.3 Å². The van der Waals surface area contributed by atoms with Gasteiger partial charge in [-0.1, -0.05) is 19.1 Å². The van der Waals surface area contributed by atoms with Crippen molar-refractivity contribution in [2.45, 2.75) is 26.4 Å². The number of H-pyrrole nitrogens is 1. The van der Waals surface area contributed by atoms with Crippen molar-refractivity contribution in [1.29, 1.82) is 0 Å². The molecular weight excluding hydrogens is 380 g/mol. The van der Waals surface area contributed by atoms with Crippen molar-refractivity contribution >= 4 is 5.91 Å². The fraction of sp³-hybridized carbons (Fsp3) is 0.304. The molecular formula is C23H26N4O3. The van der Waals surface area contributed by atoms with Gasteiger partial charge in [-0.25, -0.2) is 0 Å². The van der Waals surface area contributed by atoms with E-state index >= 15 is 0 Å². The lowest BCUT2D eigenvalue weighted by Crippen LogP contribution is -2.24. The summed E-state index contributed by atoms with van der Waals surface area (Å²) in [5, 5.41) is 13.6. The van der Waals surface area contributed by atoms with Crippen LogP contribution in [0.15, 0.2) is 48.7 Å². The van der Waals surface area contributed by atoms with Crippen LogP contribution in [0.2, 0.25) is 0 Å². The van der Waals surface area contributed by atoms with E-state index in [2.05, 4.69) is 20.8 Å². The summed E-state index contributed by atoms with van der Waals surface area (Å²) in [6.45, 7) is 5.16. The number of carbonyl (C=O) groups is 1. The van der Waals surface area contributed by atoms with Crippen molar-refractivity contribution in [2.75, 3.05) is 19.8 Å². The highest BCUT2D eigenvalue weighted by Gasteiger charge is 2.15. The Morgan fingerprint density at radius 2 is 1.97 bits per heavy atom. The number of amides is 1. The number of fused-ring (bicyclic) bond motifs is 1. The standard InChI is InChI=1S/C23H26N4O3/c1-2-8-25-23(28)18-5-3-4-16(11-18)13-24-14-19-15-26-27-22(19)17-6-7-20-21(12-17)30-10-9-29-20/h3-7,11-12,15,24H,2,8-10,13-14H2,1H3,(H,25,28)(H,26,27). The van der Waals surface area contributed by atoms with Crippen molar-refractivity contribution in [2.24, 2.45) is 0 Å². The van der Waals surface area contributed by atoms with Gasteiger partial charge in [-0.05, 0) is 42.3 Å². The zero-order chi connectivity index (χ0) is 20.8. The Labute approximate surface area is 175 Å². The molecule has 0 radical (unpaired) electrons. The van der Waals surface area contributed by atoms with Crippen molar-refractivity contribution in [3.8, 4) is 22.8 Å². The van der Waals surface area contributed by atoms with E-state index in [4.69, 9.17) is 9.47 Å². The van der Waals surface area contributed by atoms with Gasteiger partial charge >= 0.3 is 0 Å². The van der Waals surface area contributed by atoms with Crippen LogP contribution >= 0.6 is 0 Å². The molecule has 1 aliphatic rings. The Bertz CT molecular complexity index is 1020. The molecule has 1 aromatic heterocycles. The molecule has 0 saturated heterocycles. The van der Waals surface area contributed by atoms with E-state index in [1.165, 1.54) is 0 Å². The average molecular weight is 406 g/mol. The summed E-state index contributed by atoms with van der Waals surface area (Å²) in [4.78, 5) is 12.2. The van der Waals surface area contributed by atoms with Crippen LogP contribution in [0, 0.1) is 0 Å². The van der Waals surface area contributed by atoms with Crippen LogP contribution in [0.1, 0.15) is 34.8 Å². The monoisotopic (exact) mass is 406 g/mol. The zero-order valence-corrected chi connectivity index (χ0v) is 17.0. The Kier molecular flexibility index (Phi) is 6.29. The molecule has 1 aliphatic heterocycles. The van der Waals surface area contributed by atoms with Crippen LogP contribution < -0.4 is 20.1 Å². The molecule has 0 unspecified atom stereocenters. The molecule has 0 spiro atoms. The minimum Gasteiger partial charge on any atom is -0.486 e. The van der Waals surface area contributed by atoms with E-state index in [0.29, 0.717) is 38.4 Å². The number of hydrogen-bond acceptors (Lipinski definition) is 5. The van der Waals surface area contributed by atoms with E-state index < -0.39 is 0 Å². The lowest BCUT2D eigenvalue weighted by Gasteiger charge is -2.18. The molecule has 30 heavy (non-hydrogen) atoms. The topological polar surface area (TPSA) is 88.3 Å². The molecule has 2 heterocycles. The Hall–Kier alpha value is -3.32. The molecule has 4 rings (SSSR count). The number of benzene rings is 2. The van der Waals surface area contributed by atoms with Crippen molar-refractivity contribution in [1.82, 2.24) is 20.8 Å². The molecule has 3 aromatic rings. The van der Waals surface area contributed by atoms with E-state index in [0.717, 1.165) is 40.3 Å². The predicted octanol–water partition coefficient (Wildman–Crippen LogP) is 3.28. The average Bonchev–Trinajstić information content (AvgIpc) is 3.26. The van der Waals surface area contributed by atoms with Gasteiger partial charge in [0.15, 0.2) is 11.5 Å². The first-order valence-corrected chi connectivity index (χ1v) is 10.2. The summed E-state index contributed by atoms with van der Waals surface area (Å²) in [6, 6.07) is 13.6. The van der Waals surface area contributed by atoms with Crippen LogP contribution in [0.4, 0.5) is 0 Å². The molecule has 7 nitrogen and oxygen atoms in total. The number of hydrogen-bond donors (Lipinski definition) is 3. The first-order chi connectivity index (χ1) is 14.7. The molecule has 1 amide bonds. The van der Waals surface area contributed by atoms with Crippen molar-refractivity contribution in [3.63, 3.8) is 0 Å². The molecule has 0 fully saturated rings. The second-order valence-corrected chi connectivity index (χ2v) is 7.19. The highest BCUT2D eigenvalue weighted by Crippen LogP contribution is 2.34. The molecule has 0 aliphatic carbocycles. The molecule has 7 heteroatoms. The lowest BCUT2D eigenvalue weighted by atomic mass is 10.1. The highest BCUT2D eigenvalue weighted by molar-refractivity contribution is 5.94. The smallest absolute Gasteiger partial charge is 0.251 e. The third-order valence-corrected chi connectivity index (χ3v) is 4.92. The second kappa shape index (κ2) is 9.45. The summed E-state index contributed by atoms with van der Waals surface area (Å²) >= 11 is 0.